The molecule has 0 unspecified atom stereocenters. The monoisotopic (exact) mass is 232 g/mol. The fourth-order valence-electron chi connectivity index (χ4n) is 0. The van der Waals surface area contributed by atoms with E-state index in [0.717, 1.165) is 0 Å². The largest absolute Gasteiger partial charge is 1.00 e. The number of hydrogen-bond acceptors (Lipinski definition) is 0. The first-order valence-corrected chi connectivity index (χ1v) is 0. The third kappa shape index (κ3) is 37.4. The van der Waals surface area contributed by atoms with Crippen LogP contribution in [0.2, 0.25) is 0 Å². The van der Waals surface area contributed by atoms with Crippen LogP contribution in [0.5, 0.6) is 0 Å². The van der Waals surface area contributed by atoms with Crippen LogP contribution in [0, 0.1) is 0 Å². The summed E-state index contributed by atoms with van der Waals surface area (Å²) in [6.07, 6.45) is 0. The first kappa shape index (κ1) is 57.5. The van der Waals surface area contributed by atoms with Gasteiger partial charge >= 0.3 is 207 Å². The Bertz CT molecular complexity index is 19.3. The molecule has 0 saturated heterocycles. The Morgan fingerprint density at radius 1 is 0.375 bits per heavy atom. The quantitative estimate of drug-likeness (QED) is 0.365. The third-order valence-corrected chi connectivity index (χ3v) is 0. The van der Waals surface area contributed by atoms with Gasteiger partial charge in [-0.15, -0.1) is 0 Å². The van der Waals surface area contributed by atoms with Gasteiger partial charge in [-0.1, -0.05) is 0 Å². The summed E-state index contributed by atoms with van der Waals surface area (Å²) in [5, 5.41) is 0. The van der Waals surface area contributed by atoms with E-state index in [4.69, 9.17) is 0 Å². The van der Waals surface area contributed by atoms with E-state index in [2.05, 4.69) is 0 Å². The Morgan fingerprint density at radius 2 is 0.375 bits per heavy atom. The van der Waals surface area contributed by atoms with Crippen molar-refractivity contribution in [2.75, 3.05) is 0 Å². The van der Waals surface area contributed by atoms with E-state index in [-0.39, 0.29) is 236 Å². The van der Waals surface area contributed by atoms with E-state index in [0.29, 0.717) is 0 Å². The Hall–Kier alpha value is 7.62. The normalized spacial score (nSPS) is 0. The van der Waals surface area contributed by atoms with Gasteiger partial charge in [0.05, 0.1) is 0 Å². The molecule has 0 aliphatic rings. The van der Waals surface area contributed by atoms with Crippen molar-refractivity contribution in [2.45, 2.75) is 0 Å². The Balaban J connectivity index is 0. The minimum absolute atomic E-state index is 0. The van der Waals surface area contributed by atoms with Crippen molar-refractivity contribution in [1.82, 2.24) is 0 Å². The van der Waals surface area contributed by atoms with Gasteiger partial charge < -0.3 is 9.99 Å². The van der Waals surface area contributed by atoms with Crippen molar-refractivity contribution in [3.8, 4) is 0 Å². The summed E-state index contributed by atoms with van der Waals surface area (Å²) in [4.78, 5) is 0. The number of rotatable bonds is 0. The van der Waals surface area contributed by atoms with Crippen LogP contribution < -0.4 is 207 Å². The van der Waals surface area contributed by atoms with Crippen LogP contribution in [0.1, 0.15) is 9.99 Å². The van der Waals surface area contributed by atoms with Crippen molar-refractivity contribution >= 4 is 0 Å². The molecule has 0 bridgehead atoms. The van der Waals surface area contributed by atoms with Crippen molar-refractivity contribution in [3.05, 3.63) is 0 Å². The summed E-state index contributed by atoms with van der Waals surface area (Å²) in [6, 6.07) is 0. The Kier molecular flexibility index (Phi) is 336. The van der Waals surface area contributed by atoms with Crippen molar-refractivity contribution in [3.63, 3.8) is 0 Å². The van der Waals surface area contributed by atoms with Crippen LogP contribution in [0.15, 0.2) is 0 Å². The van der Waals surface area contributed by atoms with Gasteiger partial charge in [0, 0.05) is 19.5 Å². The second-order valence-corrected chi connectivity index (χ2v) is 0. The van der Waals surface area contributed by atoms with E-state index >= 15 is 0 Å². The summed E-state index contributed by atoms with van der Waals surface area (Å²) >= 11 is 0. The van der Waals surface area contributed by atoms with Crippen LogP contribution in [0.4, 0.5) is 0 Å². The zero-order chi connectivity index (χ0) is 0. The predicted molar refractivity (Wildman–Crippen MR) is 7.78 cm³/mol. The maximum atomic E-state index is 0. The molecular formula is H7Na7Zn. The summed E-state index contributed by atoms with van der Waals surface area (Å²) in [5.41, 5.74) is 0. The van der Waals surface area contributed by atoms with Gasteiger partial charge in [0.15, 0.2) is 0 Å². The van der Waals surface area contributed by atoms with Crippen LogP contribution in [0.25, 0.3) is 0 Å². The molecule has 0 amide bonds. The van der Waals surface area contributed by atoms with Crippen LogP contribution in [0.3, 0.4) is 0 Å². The minimum Gasteiger partial charge on any atom is -1.00 e. The van der Waals surface area contributed by atoms with Gasteiger partial charge in [0.25, 0.3) is 0 Å². The van der Waals surface area contributed by atoms with E-state index in [1.54, 1.807) is 0 Å². The van der Waals surface area contributed by atoms with E-state index < -0.39 is 0 Å². The smallest absolute Gasteiger partial charge is 1.00 e. The van der Waals surface area contributed by atoms with Gasteiger partial charge in [-0.3, -0.25) is 0 Å². The standard InChI is InChI=1S/7Na.Zn.7H/q7*+1;;7*-1. The molecule has 0 atom stereocenters. The van der Waals surface area contributed by atoms with Crippen LogP contribution in [-0.4, -0.2) is 0 Å². The summed E-state index contributed by atoms with van der Waals surface area (Å²) < 4.78 is 0. The van der Waals surface area contributed by atoms with Gasteiger partial charge in [0.1, 0.15) is 0 Å². The SMILES string of the molecule is [H-].[H-].[H-].[H-].[H-].[H-].[H-].[Na+].[Na+].[Na+].[Na+].[Na+].[Na+].[Na+].[Zn]. The molecule has 0 N–H and O–H groups in total. The summed E-state index contributed by atoms with van der Waals surface area (Å²) in [7, 11) is 0. The number of hydrogen-bond donors (Lipinski definition) is 0. The molecule has 0 aromatic carbocycles. The van der Waals surface area contributed by atoms with Gasteiger partial charge in [-0.05, 0) is 0 Å². The predicted octanol–water partition coefficient (Wildman–Crippen LogP) is -20.2. The maximum Gasteiger partial charge on any atom is 1.00 e. The van der Waals surface area contributed by atoms with E-state index in [1.165, 1.54) is 0 Å². The fraction of sp³-hybridized carbons (Fsp3) is 0. The maximum absolute atomic E-state index is 0. The molecule has 0 spiro atoms. The Morgan fingerprint density at radius 3 is 0.375 bits per heavy atom. The molecule has 8 heteroatoms. The van der Waals surface area contributed by atoms with Crippen molar-refractivity contribution < 1.29 is 236 Å². The molecule has 0 aromatic heterocycles. The molecule has 0 aliphatic carbocycles. The van der Waals surface area contributed by atoms with Gasteiger partial charge in [-0.2, -0.15) is 0 Å². The molecule has 8 heavy (non-hydrogen) atoms. The summed E-state index contributed by atoms with van der Waals surface area (Å²) in [5.74, 6) is 0. The average molecular weight is 233 g/mol. The van der Waals surface area contributed by atoms with Crippen molar-refractivity contribution in [2.24, 2.45) is 0 Å². The van der Waals surface area contributed by atoms with E-state index in [9.17, 15) is 0 Å². The molecule has 0 fully saturated rings. The zero-order valence-corrected chi connectivity index (χ0v) is 24.7. The van der Waals surface area contributed by atoms with Crippen molar-refractivity contribution in [1.29, 1.82) is 0 Å². The van der Waals surface area contributed by atoms with E-state index in [1.807, 2.05) is 0 Å². The second-order valence-electron chi connectivity index (χ2n) is 0. The third-order valence-electron chi connectivity index (χ3n) is 0. The Labute approximate surface area is 230 Å². The zero-order valence-electron chi connectivity index (χ0n) is 14.7. The molecule has 0 radical (unpaired) electrons. The molecular weight excluding hydrogens is 226 g/mol. The first-order valence-electron chi connectivity index (χ1n) is 0. The van der Waals surface area contributed by atoms with Crippen LogP contribution in [-0.2, 0) is 19.5 Å². The topological polar surface area (TPSA) is 0 Å². The van der Waals surface area contributed by atoms with Crippen LogP contribution >= 0.6 is 0 Å². The average Bonchev–Trinajstić information content (AvgIpc) is 0. The molecule has 0 saturated carbocycles. The second kappa shape index (κ2) is 46.7. The van der Waals surface area contributed by atoms with Gasteiger partial charge in [0.2, 0.25) is 0 Å². The first-order chi connectivity index (χ1) is 0. The summed E-state index contributed by atoms with van der Waals surface area (Å²) in [6.45, 7) is 0. The molecule has 0 rings (SSSR count). The molecule has 0 heterocycles. The fourth-order valence-corrected chi connectivity index (χ4v) is 0. The molecule has 0 nitrogen and oxygen atoms in total. The minimum atomic E-state index is 0. The molecule has 0 aromatic rings. The molecule has 16 valence electrons. The van der Waals surface area contributed by atoms with Gasteiger partial charge in [-0.25, -0.2) is 0 Å². The molecule has 0 aliphatic heterocycles.